The maximum absolute atomic E-state index is 6.04. The lowest BCUT2D eigenvalue weighted by Gasteiger charge is -2.15. The topological polar surface area (TPSA) is 36.3 Å². The van der Waals surface area contributed by atoms with Gasteiger partial charge in [0.2, 0.25) is 5.88 Å². The first-order chi connectivity index (χ1) is 10.1. The summed E-state index contributed by atoms with van der Waals surface area (Å²) in [5.74, 6) is 2.54. The number of imidazole rings is 1. The van der Waals surface area contributed by atoms with Gasteiger partial charge in [0.1, 0.15) is 12.1 Å². The zero-order valence-electron chi connectivity index (χ0n) is 12.0. The molecule has 4 nitrogen and oxygen atoms in total. The van der Waals surface area contributed by atoms with Crippen LogP contribution in [0, 0.1) is 5.92 Å². The largest absolute Gasteiger partial charge is 0.489 e. The SMILES string of the molecule is CC1CC(C)C(=C(Oc2ccc(Cl)cc2)n2ccnc2)O1. The van der Waals surface area contributed by atoms with Gasteiger partial charge in [-0.1, -0.05) is 18.5 Å². The Morgan fingerprint density at radius 3 is 2.67 bits per heavy atom. The molecule has 0 spiro atoms. The standard InChI is InChI=1S/C16H17ClN2O2/c1-11-9-12(2)20-15(11)16(19-8-7-18-10-19)21-14-5-3-13(17)4-6-14/h3-8,10-12H,9H2,1-2H3. The Labute approximate surface area is 129 Å². The monoisotopic (exact) mass is 304 g/mol. The molecule has 1 saturated heterocycles. The molecule has 3 rings (SSSR count). The van der Waals surface area contributed by atoms with E-state index >= 15 is 0 Å². The number of allylic oxidation sites excluding steroid dienone is 1. The van der Waals surface area contributed by atoms with Crippen molar-refractivity contribution >= 4 is 17.5 Å². The van der Waals surface area contributed by atoms with Gasteiger partial charge in [-0.2, -0.15) is 0 Å². The van der Waals surface area contributed by atoms with Crippen LogP contribution in [0.4, 0.5) is 0 Å². The Hall–Kier alpha value is -1.94. The maximum atomic E-state index is 6.04. The van der Waals surface area contributed by atoms with Crippen LogP contribution in [0.25, 0.3) is 5.88 Å². The number of hydrogen-bond acceptors (Lipinski definition) is 3. The number of nitrogens with zero attached hydrogens (tertiary/aromatic N) is 2. The van der Waals surface area contributed by atoms with E-state index in [1.165, 1.54) is 0 Å². The third-order valence-electron chi connectivity index (χ3n) is 3.44. The molecule has 0 amide bonds. The number of hydrogen-bond donors (Lipinski definition) is 0. The number of halogens is 1. The van der Waals surface area contributed by atoms with Crippen LogP contribution in [0.2, 0.25) is 5.02 Å². The zero-order chi connectivity index (χ0) is 14.8. The number of aromatic nitrogens is 2. The molecule has 0 aliphatic carbocycles. The highest BCUT2D eigenvalue weighted by Crippen LogP contribution is 2.34. The second-order valence-electron chi connectivity index (χ2n) is 5.26. The van der Waals surface area contributed by atoms with Gasteiger partial charge in [0.05, 0.1) is 6.10 Å². The summed E-state index contributed by atoms with van der Waals surface area (Å²) in [4.78, 5) is 4.09. The van der Waals surface area contributed by atoms with Crippen molar-refractivity contribution in [1.29, 1.82) is 0 Å². The van der Waals surface area contributed by atoms with E-state index in [2.05, 4.69) is 18.8 Å². The van der Waals surface area contributed by atoms with E-state index in [1.54, 1.807) is 24.7 Å². The lowest BCUT2D eigenvalue weighted by Crippen LogP contribution is -2.09. The third kappa shape index (κ3) is 3.05. The molecular formula is C16H17ClN2O2. The van der Waals surface area contributed by atoms with Gasteiger partial charge in [-0.25, -0.2) is 4.98 Å². The molecule has 1 aromatic carbocycles. The molecule has 1 aliphatic heterocycles. The summed E-state index contributed by atoms with van der Waals surface area (Å²) < 4.78 is 13.8. The first kappa shape index (κ1) is 14.0. The summed E-state index contributed by atoms with van der Waals surface area (Å²) >= 11 is 5.91. The molecule has 2 atom stereocenters. The van der Waals surface area contributed by atoms with Crippen LogP contribution < -0.4 is 4.74 Å². The van der Waals surface area contributed by atoms with Crippen LogP contribution in [-0.2, 0) is 4.74 Å². The minimum Gasteiger partial charge on any atom is -0.489 e. The maximum Gasteiger partial charge on any atom is 0.243 e. The molecule has 0 N–H and O–H groups in total. The van der Waals surface area contributed by atoms with Gasteiger partial charge in [0.25, 0.3) is 0 Å². The highest BCUT2D eigenvalue weighted by Gasteiger charge is 2.29. The van der Waals surface area contributed by atoms with E-state index in [-0.39, 0.29) is 6.10 Å². The summed E-state index contributed by atoms with van der Waals surface area (Å²) in [6.07, 6.45) is 6.45. The molecule has 0 radical (unpaired) electrons. The van der Waals surface area contributed by atoms with Gasteiger partial charge in [-0.05, 0) is 37.6 Å². The van der Waals surface area contributed by atoms with Crippen molar-refractivity contribution in [3.63, 3.8) is 0 Å². The predicted molar refractivity (Wildman–Crippen MR) is 81.9 cm³/mol. The van der Waals surface area contributed by atoms with E-state index in [0.29, 0.717) is 22.6 Å². The molecule has 1 aromatic heterocycles. The molecule has 0 saturated carbocycles. The van der Waals surface area contributed by atoms with Crippen LogP contribution in [0.3, 0.4) is 0 Å². The molecule has 2 heterocycles. The Bertz CT molecular complexity index is 635. The summed E-state index contributed by atoms with van der Waals surface area (Å²) in [5.41, 5.74) is 0. The van der Waals surface area contributed by atoms with Crippen LogP contribution in [0.15, 0.2) is 48.7 Å². The Morgan fingerprint density at radius 1 is 1.33 bits per heavy atom. The molecule has 5 heteroatoms. The van der Waals surface area contributed by atoms with Gasteiger partial charge >= 0.3 is 0 Å². The summed E-state index contributed by atoms with van der Waals surface area (Å²) in [7, 11) is 0. The number of benzene rings is 1. The normalized spacial score (nSPS) is 23.8. The second-order valence-corrected chi connectivity index (χ2v) is 5.70. The van der Waals surface area contributed by atoms with Crippen molar-refractivity contribution in [3.05, 3.63) is 53.8 Å². The van der Waals surface area contributed by atoms with Gasteiger partial charge in [-0.15, -0.1) is 0 Å². The predicted octanol–water partition coefficient (Wildman–Crippen LogP) is 4.19. The van der Waals surface area contributed by atoms with Gasteiger partial charge in [0.15, 0.2) is 5.76 Å². The zero-order valence-corrected chi connectivity index (χ0v) is 12.7. The van der Waals surface area contributed by atoms with Crippen molar-refractivity contribution in [2.45, 2.75) is 26.4 Å². The molecule has 2 unspecified atom stereocenters. The molecule has 0 bridgehead atoms. The minimum absolute atomic E-state index is 0.197. The van der Waals surface area contributed by atoms with Crippen molar-refractivity contribution in [2.75, 3.05) is 0 Å². The van der Waals surface area contributed by atoms with E-state index in [9.17, 15) is 0 Å². The van der Waals surface area contributed by atoms with E-state index in [4.69, 9.17) is 21.1 Å². The highest BCUT2D eigenvalue weighted by atomic mass is 35.5. The van der Waals surface area contributed by atoms with E-state index in [0.717, 1.165) is 12.2 Å². The first-order valence-electron chi connectivity index (χ1n) is 6.96. The fourth-order valence-corrected chi connectivity index (χ4v) is 2.60. The Balaban J connectivity index is 1.98. The van der Waals surface area contributed by atoms with Crippen molar-refractivity contribution in [3.8, 4) is 5.75 Å². The third-order valence-corrected chi connectivity index (χ3v) is 3.69. The molecule has 2 aromatic rings. The van der Waals surface area contributed by atoms with Crippen molar-refractivity contribution in [1.82, 2.24) is 9.55 Å². The summed E-state index contributed by atoms with van der Waals surface area (Å²) in [6, 6.07) is 7.27. The van der Waals surface area contributed by atoms with Crippen LogP contribution in [-0.4, -0.2) is 15.7 Å². The smallest absolute Gasteiger partial charge is 0.243 e. The fourth-order valence-electron chi connectivity index (χ4n) is 2.47. The number of ether oxygens (including phenoxy) is 2. The number of rotatable bonds is 3. The van der Waals surface area contributed by atoms with E-state index < -0.39 is 0 Å². The lowest BCUT2D eigenvalue weighted by atomic mass is 10.1. The quantitative estimate of drug-likeness (QED) is 0.798. The molecule has 110 valence electrons. The fraction of sp³-hybridized carbons (Fsp3) is 0.312. The molecular weight excluding hydrogens is 288 g/mol. The minimum atomic E-state index is 0.197. The Morgan fingerprint density at radius 2 is 2.10 bits per heavy atom. The van der Waals surface area contributed by atoms with E-state index in [1.807, 2.05) is 22.9 Å². The van der Waals surface area contributed by atoms with Crippen LogP contribution >= 0.6 is 11.6 Å². The average Bonchev–Trinajstić information content (AvgIpc) is 3.08. The molecule has 1 aliphatic rings. The van der Waals surface area contributed by atoms with Crippen LogP contribution in [0.1, 0.15) is 20.3 Å². The van der Waals surface area contributed by atoms with Gasteiger partial charge in [0, 0.05) is 23.3 Å². The molecule has 21 heavy (non-hydrogen) atoms. The second kappa shape index (κ2) is 5.82. The summed E-state index contributed by atoms with van der Waals surface area (Å²) in [5, 5.41) is 0.679. The summed E-state index contributed by atoms with van der Waals surface area (Å²) in [6.45, 7) is 4.21. The molecule has 1 fully saturated rings. The lowest BCUT2D eigenvalue weighted by molar-refractivity contribution is 0.171. The highest BCUT2D eigenvalue weighted by molar-refractivity contribution is 6.30. The van der Waals surface area contributed by atoms with Crippen molar-refractivity contribution < 1.29 is 9.47 Å². The average molecular weight is 305 g/mol. The Kier molecular flexibility index (Phi) is 3.88. The van der Waals surface area contributed by atoms with Crippen molar-refractivity contribution in [2.24, 2.45) is 5.92 Å². The van der Waals surface area contributed by atoms with Gasteiger partial charge < -0.3 is 9.47 Å². The first-order valence-corrected chi connectivity index (χ1v) is 7.34. The van der Waals surface area contributed by atoms with Gasteiger partial charge in [-0.3, -0.25) is 4.57 Å². The van der Waals surface area contributed by atoms with Crippen LogP contribution in [0.5, 0.6) is 5.75 Å².